The summed E-state index contributed by atoms with van der Waals surface area (Å²) in [6.45, 7) is 0.388. The maximum absolute atomic E-state index is 12.0. The second-order valence-corrected chi connectivity index (χ2v) is 4.62. The third kappa shape index (κ3) is 4.90. The number of hydrogen-bond acceptors (Lipinski definition) is 4. The highest BCUT2D eigenvalue weighted by molar-refractivity contribution is 5.94. The monoisotopic (exact) mass is 299 g/mol. The Hall–Kier alpha value is -2.89. The van der Waals surface area contributed by atoms with Crippen molar-refractivity contribution >= 4 is 11.8 Å². The highest BCUT2D eigenvalue weighted by Crippen LogP contribution is 2.19. The summed E-state index contributed by atoms with van der Waals surface area (Å²) in [5, 5.41) is 2.72. The van der Waals surface area contributed by atoms with Crippen molar-refractivity contribution in [3.05, 3.63) is 54.2 Å². The van der Waals surface area contributed by atoms with Crippen molar-refractivity contribution in [3.63, 3.8) is 0 Å². The highest BCUT2D eigenvalue weighted by Gasteiger charge is 2.08. The molecule has 0 spiro atoms. The minimum absolute atomic E-state index is 0.246. The third-order valence-corrected chi connectivity index (χ3v) is 2.85. The van der Waals surface area contributed by atoms with Crippen molar-refractivity contribution in [2.24, 2.45) is 5.73 Å². The summed E-state index contributed by atoms with van der Waals surface area (Å²) >= 11 is 0. The summed E-state index contributed by atoms with van der Waals surface area (Å²) in [4.78, 5) is 26.7. The van der Waals surface area contributed by atoms with E-state index in [1.165, 1.54) is 6.20 Å². The summed E-state index contributed by atoms with van der Waals surface area (Å²) in [6, 6.07) is 12.4. The number of benzene rings is 1. The maximum atomic E-state index is 12.0. The van der Waals surface area contributed by atoms with E-state index in [9.17, 15) is 9.59 Å². The molecule has 0 unspecified atom stereocenters. The molecule has 2 aromatic rings. The van der Waals surface area contributed by atoms with Crippen molar-refractivity contribution < 1.29 is 14.3 Å². The van der Waals surface area contributed by atoms with Gasteiger partial charge < -0.3 is 15.8 Å². The Balaban J connectivity index is 1.93. The summed E-state index contributed by atoms with van der Waals surface area (Å²) in [5.41, 5.74) is 5.48. The van der Waals surface area contributed by atoms with Crippen LogP contribution in [0.2, 0.25) is 0 Å². The van der Waals surface area contributed by atoms with Crippen LogP contribution in [0.15, 0.2) is 48.7 Å². The van der Waals surface area contributed by atoms with Crippen molar-refractivity contribution in [2.45, 2.75) is 12.8 Å². The van der Waals surface area contributed by atoms with Gasteiger partial charge in [0.1, 0.15) is 5.75 Å². The second-order valence-electron chi connectivity index (χ2n) is 4.62. The maximum Gasteiger partial charge on any atom is 0.251 e. The Labute approximate surface area is 128 Å². The van der Waals surface area contributed by atoms with Crippen LogP contribution in [0, 0.1) is 0 Å². The van der Waals surface area contributed by atoms with Crippen LogP contribution in [-0.4, -0.2) is 23.3 Å². The number of para-hydroxylation sites is 1. The van der Waals surface area contributed by atoms with E-state index in [-0.39, 0.29) is 18.2 Å². The molecule has 0 aliphatic carbocycles. The predicted molar refractivity (Wildman–Crippen MR) is 81.5 cm³/mol. The molecule has 1 heterocycles. The van der Waals surface area contributed by atoms with E-state index in [4.69, 9.17) is 10.5 Å². The fraction of sp³-hybridized carbons (Fsp3) is 0.188. The lowest BCUT2D eigenvalue weighted by Gasteiger charge is -2.07. The zero-order valence-electron chi connectivity index (χ0n) is 12.0. The molecule has 22 heavy (non-hydrogen) atoms. The molecule has 2 amide bonds. The molecule has 0 aliphatic rings. The van der Waals surface area contributed by atoms with Gasteiger partial charge in [0, 0.05) is 30.8 Å². The molecular weight excluding hydrogens is 282 g/mol. The lowest BCUT2D eigenvalue weighted by molar-refractivity contribution is -0.118. The number of carbonyl (C=O) groups is 2. The van der Waals surface area contributed by atoms with Crippen LogP contribution < -0.4 is 15.8 Å². The molecule has 114 valence electrons. The van der Waals surface area contributed by atoms with Gasteiger partial charge in [0.05, 0.1) is 0 Å². The Morgan fingerprint density at radius 2 is 1.95 bits per heavy atom. The standard InChI is InChI=1S/C16H17N3O3/c17-14(20)7-4-9-19-16(21)12-8-10-18-15(11-12)22-13-5-2-1-3-6-13/h1-3,5-6,8,10-11H,4,7,9H2,(H2,17,20)(H,19,21). The molecule has 3 N–H and O–H groups in total. The van der Waals surface area contributed by atoms with E-state index in [0.717, 1.165) is 0 Å². The van der Waals surface area contributed by atoms with Crippen molar-refractivity contribution in [3.8, 4) is 11.6 Å². The number of nitrogens with zero attached hydrogens (tertiary/aromatic N) is 1. The molecule has 1 aromatic heterocycles. The third-order valence-electron chi connectivity index (χ3n) is 2.85. The Morgan fingerprint density at radius 3 is 2.68 bits per heavy atom. The topological polar surface area (TPSA) is 94.3 Å². The van der Waals surface area contributed by atoms with E-state index in [0.29, 0.717) is 30.2 Å². The molecule has 0 fully saturated rings. The van der Waals surface area contributed by atoms with Crippen LogP contribution in [0.5, 0.6) is 11.6 Å². The smallest absolute Gasteiger partial charge is 0.251 e. The number of nitrogens with one attached hydrogen (secondary N) is 1. The highest BCUT2D eigenvalue weighted by atomic mass is 16.5. The first-order valence-electron chi connectivity index (χ1n) is 6.90. The molecule has 6 nitrogen and oxygen atoms in total. The Kier molecular flexibility index (Phi) is 5.48. The van der Waals surface area contributed by atoms with Crippen LogP contribution in [0.1, 0.15) is 23.2 Å². The normalized spacial score (nSPS) is 10.0. The van der Waals surface area contributed by atoms with Gasteiger partial charge >= 0.3 is 0 Å². The lowest BCUT2D eigenvalue weighted by atomic mass is 10.2. The number of pyridine rings is 1. The average Bonchev–Trinajstić information content (AvgIpc) is 2.52. The van der Waals surface area contributed by atoms with Crippen LogP contribution in [-0.2, 0) is 4.79 Å². The number of carbonyl (C=O) groups excluding carboxylic acids is 2. The number of hydrogen-bond donors (Lipinski definition) is 2. The molecule has 1 aromatic carbocycles. The molecule has 0 atom stereocenters. The molecule has 0 bridgehead atoms. The van der Waals surface area contributed by atoms with Gasteiger partial charge in [-0.1, -0.05) is 18.2 Å². The molecule has 0 saturated carbocycles. The molecule has 0 radical (unpaired) electrons. The zero-order chi connectivity index (χ0) is 15.8. The fourth-order valence-corrected chi connectivity index (χ4v) is 1.78. The number of primary amides is 1. The number of nitrogens with two attached hydrogens (primary N) is 1. The quantitative estimate of drug-likeness (QED) is 0.763. The van der Waals surface area contributed by atoms with Gasteiger partial charge in [-0.05, 0) is 24.6 Å². The fourth-order valence-electron chi connectivity index (χ4n) is 1.78. The minimum Gasteiger partial charge on any atom is -0.439 e. The van der Waals surface area contributed by atoms with Gasteiger partial charge in [-0.2, -0.15) is 0 Å². The molecule has 6 heteroatoms. The van der Waals surface area contributed by atoms with E-state index in [2.05, 4.69) is 10.3 Å². The van der Waals surface area contributed by atoms with E-state index >= 15 is 0 Å². The average molecular weight is 299 g/mol. The summed E-state index contributed by atoms with van der Waals surface area (Å²) in [6.07, 6.45) is 2.27. The van der Waals surface area contributed by atoms with E-state index < -0.39 is 0 Å². The minimum atomic E-state index is -0.378. The van der Waals surface area contributed by atoms with Gasteiger partial charge in [0.15, 0.2) is 0 Å². The Morgan fingerprint density at radius 1 is 1.18 bits per heavy atom. The number of ether oxygens (including phenoxy) is 1. The van der Waals surface area contributed by atoms with Crippen LogP contribution >= 0.6 is 0 Å². The molecular formula is C16H17N3O3. The van der Waals surface area contributed by atoms with Gasteiger partial charge in [-0.3, -0.25) is 9.59 Å². The molecule has 0 aliphatic heterocycles. The van der Waals surface area contributed by atoms with Crippen LogP contribution in [0.25, 0.3) is 0 Å². The predicted octanol–water partition coefficient (Wildman–Crippen LogP) is 1.87. The summed E-state index contributed by atoms with van der Waals surface area (Å²) < 4.78 is 5.57. The lowest BCUT2D eigenvalue weighted by Crippen LogP contribution is -2.25. The van der Waals surface area contributed by atoms with Crippen molar-refractivity contribution in [1.82, 2.24) is 10.3 Å². The van der Waals surface area contributed by atoms with Gasteiger partial charge in [-0.15, -0.1) is 0 Å². The van der Waals surface area contributed by atoms with Crippen molar-refractivity contribution in [1.29, 1.82) is 0 Å². The zero-order valence-corrected chi connectivity index (χ0v) is 12.0. The molecule has 0 saturated heterocycles. The van der Waals surface area contributed by atoms with Crippen LogP contribution in [0.4, 0.5) is 0 Å². The van der Waals surface area contributed by atoms with Gasteiger partial charge in [0.25, 0.3) is 5.91 Å². The van der Waals surface area contributed by atoms with Crippen molar-refractivity contribution in [2.75, 3.05) is 6.54 Å². The second kappa shape index (κ2) is 7.78. The van der Waals surface area contributed by atoms with E-state index in [1.807, 2.05) is 18.2 Å². The van der Waals surface area contributed by atoms with Gasteiger partial charge in [-0.25, -0.2) is 4.98 Å². The Bertz CT molecular complexity index is 644. The first kappa shape index (κ1) is 15.5. The van der Waals surface area contributed by atoms with Gasteiger partial charge in [0.2, 0.25) is 11.8 Å². The number of rotatable bonds is 7. The number of aromatic nitrogens is 1. The SMILES string of the molecule is NC(=O)CCCNC(=O)c1ccnc(Oc2ccccc2)c1. The first-order chi connectivity index (χ1) is 10.6. The summed E-state index contributed by atoms with van der Waals surface area (Å²) in [5.74, 6) is 0.367. The summed E-state index contributed by atoms with van der Waals surface area (Å²) in [7, 11) is 0. The largest absolute Gasteiger partial charge is 0.439 e. The molecule has 2 rings (SSSR count). The number of amides is 2. The van der Waals surface area contributed by atoms with E-state index in [1.54, 1.807) is 24.3 Å². The van der Waals surface area contributed by atoms with Crippen LogP contribution in [0.3, 0.4) is 0 Å². The first-order valence-corrected chi connectivity index (χ1v) is 6.90.